The summed E-state index contributed by atoms with van der Waals surface area (Å²) in [5, 5.41) is 5.55. The molecule has 0 bridgehead atoms. The molecule has 10 heteroatoms. The summed E-state index contributed by atoms with van der Waals surface area (Å²) in [6.07, 6.45) is 0.591. The Bertz CT molecular complexity index is 1230. The molecule has 0 aliphatic heterocycles. The summed E-state index contributed by atoms with van der Waals surface area (Å²) < 4.78 is 38.3. The third-order valence-electron chi connectivity index (χ3n) is 4.87. The molecule has 0 radical (unpaired) electrons. The second-order valence-electron chi connectivity index (χ2n) is 7.40. The van der Waals surface area contributed by atoms with Crippen LogP contribution in [0.2, 0.25) is 0 Å². The van der Waals surface area contributed by atoms with Gasteiger partial charge in [0.1, 0.15) is 12.4 Å². The smallest absolute Gasteiger partial charge is 0.261 e. The Kier molecular flexibility index (Phi) is 9.74. The van der Waals surface area contributed by atoms with Gasteiger partial charge in [-0.2, -0.15) is 0 Å². The van der Waals surface area contributed by atoms with Gasteiger partial charge in [0, 0.05) is 19.3 Å². The van der Waals surface area contributed by atoms with E-state index in [9.17, 15) is 13.2 Å². The average molecular weight is 514 g/mol. The lowest BCUT2D eigenvalue weighted by atomic mass is 10.2. The van der Waals surface area contributed by atoms with Crippen molar-refractivity contribution in [3.8, 4) is 5.75 Å². The average Bonchev–Trinajstić information content (AvgIpc) is 2.85. The Morgan fingerprint density at radius 3 is 2.31 bits per heavy atom. The highest BCUT2D eigenvalue weighted by Crippen LogP contribution is 2.18. The second-order valence-corrected chi connectivity index (χ2v) is 9.58. The normalized spacial score (nSPS) is 11.0. The molecule has 3 aromatic carbocycles. The van der Waals surface area contributed by atoms with Gasteiger partial charge in [-0.25, -0.2) is 13.1 Å². The zero-order valence-corrected chi connectivity index (χ0v) is 20.8. The summed E-state index contributed by atoms with van der Waals surface area (Å²) in [7, 11) is -2.08. The van der Waals surface area contributed by atoms with Crippen molar-refractivity contribution in [1.29, 1.82) is 0 Å². The first kappa shape index (κ1) is 26.3. The predicted octanol–water partition coefficient (Wildman–Crippen LogP) is 3.36. The number of hydrogen-bond acceptors (Lipinski definition) is 6. The van der Waals surface area contributed by atoms with Crippen LogP contribution in [0.1, 0.15) is 15.9 Å². The fourth-order valence-electron chi connectivity index (χ4n) is 3.12. The maximum Gasteiger partial charge on any atom is 0.261 e. The van der Waals surface area contributed by atoms with Crippen LogP contribution < -0.4 is 20.1 Å². The summed E-state index contributed by atoms with van der Waals surface area (Å²) in [6, 6.07) is 22.5. The van der Waals surface area contributed by atoms with Crippen molar-refractivity contribution in [3.05, 3.63) is 90.0 Å². The van der Waals surface area contributed by atoms with Gasteiger partial charge < -0.3 is 14.8 Å². The van der Waals surface area contributed by atoms with E-state index < -0.39 is 15.9 Å². The van der Waals surface area contributed by atoms with E-state index >= 15 is 0 Å². The fraction of sp³-hybridized carbons (Fsp3) is 0.200. The van der Waals surface area contributed by atoms with Crippen LogP contribution in [0.25, 0.3) is 0 Å². The summed E-state index contributed by atoms with van der Waals surface area (Å²) in [5.74, 6) is -0.0171. The Hall–Kier alpha value is -3.31. The SMILES string of the molecule is COCCOc1ccccc1C(=O)NC(=S)Nc1ccc(S(=O)(=O)NCCc2ccccc2)cc1. The first-order valence-corrected chi connectivity index (χ1v) is 12.7. The zero-order chi connectivity index (χ0) is 25.1. The van der Waals surface area contributed by atoms with Crippen LogP contribution in [0.15, 0.2) is 83.8 Å². The molecule has 0 saturated carbocycles. The van der Waals surface area contributed by atoms with Gasteiger partial charge in [-0.1, -0.05) is 42.5 Å². The number of sulfonamides is 1. The van der Waals surface area contributed by atoms with Crippen molar-refractivity contribution in [2.24, 2.45) is 0 Å². The number of hydrogen-bond donors (Lipinski definition) is 3. The van der Waals surface area contributed by atoms with Gasteiger partial charge in [0.05, 0.1) is 17.1 Å². The molecule has 0 spiro atoms. The number of carbonyl (C=O) groups is 1. The van der Waals surface area contributed by atoms with E-state index in [4.69, 9.17) is 21.7 Å². The van der Waals surface area contributed by atoms with Crippen LogP contribution in [0, 0.1) is 0 Å². The van der Waals surface area contributed by atoms with Crippen LogP contribution in [-0.2, 0) is 21.2 Å². The zero-order valence-electron chi connectivity index (χ0n) is 19.2. The maximum atomic E-state index is 12.6. The Balaban J connectivity index is 1.53. The number of carbonyl (C=O) groups excluding carboxylic acids is 1. The minimum atomic E-state index is -3.65. The first-order valence-electron chi connectivity index (χ1n) is 10.9. The molecule has 3 N–H and O–H groups in total. The minimum absolute atomic E-state index is 0.0679. The van der Waals surface area contributed by atoms with E-state index in [2.05, 4.69) is 15.4 Å². The molecule has 0 aliphatic carbocycles. The number of anilines is 1. The van der Waals surface area contributed by atoms with Crippen LogP contribution in [0.5, 0.6) is 5.75 Å². The lowest BCUT2D eigenvalue weighted by molar-refractivity contribution is 0.0970. The lowest BCUT2D eigenvalue weighted by Gasteiger charge is -2.13. The maximum absolute atomic E-state index is 12.6. The van der Waals surface area contributed by atoms with E-state index in [1.807, 2.05) is 30.3 Å². The highest BCUT2D eigenvalue weighted by atomic mass is 32.2. The van der Waals surface area contributed by atoms with Gasteiger partial charge >= 0.3 is 0 Å². The van der Waals surface area contributed by atoms with Crippen molar-refractivity contribution in [1.82, 2.24) is 10.0 Å². The van der Waals surface area contributed by atoms with Gasteiger partial charge in [-0.05, 0) is 60.6 Å². The number of rotatable bonds is 11. The van der Waals surface area contributed by atoms with E-state index in [1.165, 1.54) is 12.1 Å². The van der Waals surface area contributed by atoms with Crippen molar-refractivity contribution in [3.63, 3.8) is 0 Å². The van der Waals surface area contributed by atoms with E-state index in [0.717, 1.165) is 5.56 Å². The quantitative estimate of drug-likeness (QED) is 0.267. The second kappa shape index (κ2) is 13.0. The molecule has 0 saturated heterocycles. The summed E-state index contributed by atoms with van der Waals surface area (Å²) in [6.45, 7) is 0.989. The van der Waals surface area contributed by atoms with Gasteiger partial charge in [0.25, 0.3) is 5.91 Å². The molecule has 3 aromatic rings. The van der Waals surface area contributed by atoms with Crippen molar-refractivity contribution < 1.29 is 22.7 Å². The number of ether oxygens (including phenoxy) is 2. The summed E-state index contributed by atoms with van der Waals surface area (Å²) >= 11 is 5.24. The van der Waals surface area contributed by atoms with Crippen LogP contribution in [0.3, 0.4) is 0 Å². The summed E-state index contributed by atoms with van der Waals surface area (Å²) in [5.41, 5.74) is 1.91. The molecule has 35 heavy (non-hydrogen) atoms. The number of benzene rings is 3. The predicted molar refractivity (Wildman–Crippen MR) is 139 cm³/mol. The van der Waals surface area contributed by atoms with Crippen LogP contribution >= 0.6 is 12.2 Å². The van der Waals surface area contributed by atoms with Crippen molar-refractivity contribution in [2.45, 2.75) is 11.3 Å². The van der Waals surface area contributed by atoms with Gasteiger partial charge in [0.15, 0.2) is 5.11 Å². The van der Waals surface area contributed by atoms with Crippen molar-refractivity contribution >= 4 is 38.9 Å². The Labute approximate surface area is 210 Å². The molecule has 0 aromatic heterocycles. The molecule has 8 nitrogen and oxygen atoms in total. The molecular weight excluding hydrogens is 486 g/mol. The summed E-state index contributed by atoms with van der Waals surface area (Å²) in [4.78, 5) is 12.8. The molecule has 0 atom stereocenters. The van der Waals surface area contributed by atoms with E-state index in [1.54, 1.807) is 43.5 Å². The molecular formula is C25H27N3O5S2. The fourth-order valence-corrected chi connectivity index (χ4v) is 4.37. The first-order chi connectivity index (χ1) is 16.9. The molecule has 184 valence electrons. The number of thiocarbonyl (C=S) groups is 1. The highest BCUT2D eigenvalue weighted by Gasteiger charge is 2.15. The third-order valence-corrected chi connectivity index (χ3v) is 6.56. The number of para-hydroxylation sites is 1. The van der Waals surface area contributed by atoms with Gasteiger partial charge in [0.2, 0.25) is 10.0 Å². The molecule has 0 fully saturated rings. The third kappa shape index (κ3) is 8.15. The molecule has 0 unspecified atom stereocenters. The van der Waals surface area contributed by atoms with Crippen LogP contribution in [-0.4, -0.2) is 46.3 Å². The van der Waals surface area contributed by atoms with E-state index in [-0.39, 0.29) is 10.0 Å². The standard InChI is InChI=1S/C25H27N3O5S2/c1-32-17-18-33-23-10-6-5-9-22(23)24(29)28-25(34)27-20-11-13-21(14-12-20)35(30,31)26-16-15-19-7-3-2-4-8-19/h2-14,26H,15-18H2,1H3,(H2,27,28,29,34). The molecule has 3 rings (SSSR count). The largest absolute Gasteiger partial charge is 0.490 e. The van der Waals surface area contributed by atoms with E-state index in [0.29, 0.717) is 43.2 Å². The van der Waals surface area contributed by atoms with Crippen molar-refractivity contribution in [2.75, 3.05) is 32.2 Å². The lowest BCUT2D eigenvalue weighted by Crippen LogP contribution is -2.34. The number of nitrogens with one attached hydrogen (secondary N) is 3. The highest BCUT2D eigenvalue weighted by molar-refractivity contribution is 7.89. The number of methoxy groups -OCH3 is 1. The molecule has 0 heterocycles. The molecule has 1 amide bonds. The Morgan fingerprint density at radius 1 is 0.914 bits per heavy atom. The topological polar surface area (TPSA) is 106 Å². The molecule has 0 aliphatic rings. The van der Waals surface area contributed by atoms with Gasteiger partial charge in [-0.15, -0.1) is 0 Å². The minimum Gasteiger partial charge on any atom is -0.490 e. The van der Waals surface area contributed by atoms with Gasteiger partial charge in [-0.3, -0.25) is 10.1 Å². The Morgan fingerprint density at radius 2 is 1.60 bits per heavy atom. The van der Waals surface area contributed by atoms with Crippen LogP contribution in [0.4, 0.5) is 5.69 Å². The monoisotopic (exact) mass is 513 g/mol. The number of amides is 1.